The summed E-state index contributed by atoms with van der Waals surface area (Å²) >= 11 is 5.56. The first kappa shape index (κ1) is 11.4. The van der Waals surface area contributed by atoms with Crippen LogP contribution in [0, 0.1) is 10.1 Å². The second-order valence-corrected chi connectivity index (χ2v) is 2.98. The van der Waals surface area contributed by atoms with Crippen LogP contribution >= 0.6 is 11.6 Å². The summed E-state index contributed by atoms with van der Waals surface area (Å²) in [5.41, 5.74) is 4.63. The zero-order valence-electron chi connectivity index (χ0n) is 7.47. The van der Waals surface area contributed by atoms with Crippen LogP contribution in [0.1, 0.15) is 0 Å². The molecule has 15 heavy (non-hydrogen) atoms. The average Bonchev–Trinajstić information content (AvgIpc) is 2.20. The number of nitro benzene ring substituents is 1. The molecule has 2 N–H and O–H groups in total. The van der Waals surface area contributed by atoms with E-state index in [2.05, 4.69) is 4.74 Å². The predicted molar refractivity (Wildman–Crippen MR) is 52.8 cm³/mol. The minimum absolute atomic E-state index is 0.167. The number of hydrogen-bond donors (Lipinski definition) is 1. The van der Waals surface area contributed by atoms with Gasteiger partial charge in [-0.25, -0.2) is 0 Å². The van der Waals surface area contributed by atoms with Gasteiger partial charge in [0.2, 0.25) is 5.75 Å². The molecule has 0 aliphatic heterocycles. The third-order valence-electron chi connectivity index (χ3n) is 1.51. The Bertz CT molecular complexity index is 408. The topological polar surface area (TPSA) is 95.5 Å². The van der Waals surface area contributed by atoms with E-state index in [0.29, 0.717) is 0 Å². The second kappa shape index (κ2) is 4.72. The number of esters is 1. The molecule has 80 valence electrons. The van der Waals surface area contributed by atoms with Crippen LogP contribution in [0.2, 0.25) is 5.02 Å². The first-order valence-electron chi connectivity index (χ1n) is 3.89. The molecule has 0 atom stereocenters. The van der Waals surface area contributed by atoms with Crippen molar-refractivity contribution in [3.8, 4) is 5.75 Å². The van der Waals surface area contributed by atoms with E-state index in [-0.39, 0.29) is 23.0 Å². The maximum Gasteiger partial charge on any atom is 0.325 e. The van der Waals surface area contributed by atoms with E-state index in [1.54, 1.807) is 0 Å². The number of nitrogens with zero attached hydrogens (tertiary/aromatic N) is 1. The molecule has 1 aromatic carbocycles. The van der Waals surface area contributed by atoms with Crippen molar-refractivity contribution in [2.24, 2.45) is 5.73 Å². The van der Waals surface area contributed by atoms with E-state index in [4.69, 9.17) is 17.3 Å². The van der Waals surface area contributed by atoms with Crippen molar-refractivity contribution >= 4 is 23.3 Å². The standard InChI is InChI=1S/C8H7ClN2O4/c9-5-1-2-7(15-8(12)4-10)6(3-5)11(13)14/h1-3H,4,10H2. The van der Waals surface area contributed by atoms with E-state index in [0.717, 1.165) is 6.07 Å². The van der Waals surface area contributed by atoms with Gasteiger partial charge in [-0.3, -0.25) is 14.9 Å². The number of nitro groups is 1. The van der Waals surface area contributed by atoms with Crippen molar-refractivity contribution in [2.45, 2.75) is 0 Å². The molecule has 1 rings (SSSR count). The summed E-state index contributed by atoms with van der Waals surface area (Å²) < 4.78 is 4.65. The zero-order chi connectivity index (χ0) is 11.4. The summed E-state index contributed by atoms with van der Waals surface area (Å²) in [7, 11) is 0. The van der Waals surface area contributed by atoms with Crippen molar-refractivity contribution < 1.29 is 14.5 Å². The zero-order valence-corrected chi connectivity index (χ0v) is 8.23. The molecule has 7 heteroatoms. The van der Waals surface area contributed by atoms with Crippen molar-refractivity contribution in [1.29, 1.82) is 0 Å². The monoisotopic (exact) mass is 230 g/mol. The summed E-state index contributed by atoms with van der Waals surface area (Å²) in [5.74, 6) is -0.916. The van der Waals surface area contributed by atoms with Crippen LogP contribution in [0.25, 0.3) is 0 Å². The lowest BCUT2D eigenvalue weighted by atomic mass is 10.3. The van der Waals surface area contributed by atoms with Gasteiger partial charge in [0.15, 0.2) is 0 Å². The highest BCUT2D eigenvalue weighted by atomic mass is 35.5. The Morgan fingerprint density at radius 1 is 1.60 bits per heavy atom. The molecule has 0 aliphatic rings. The Labute approximate surface area is 89.7 Å². The van der Waals surface area contributed by atoms with Crippen molar-refractivity contribution in [1.82, 2.24) is 0 Å². The van der Waals surface area contributed by atoms with E-state index in [1.807, 2.05) is 0 Å². The van der Waals surface area contributed by atoms with Gasteiger partial charge in [-0.15, -0.1) is 0 Å². The van der Waals surface area contributed by atoms with E-state index in [9.17, 15) is 14.9 Å². The molecule has 1 aromatic rings. The van der Waals surface area contributed by atoms with Crippen LogP contribution in [0.4, 0.5) is 5.69 Å². The number of hydrogen-bond acceptors (Lipinski definition) is 5. The van der Waals surface area contributed by atoms with E-state index in [1.165, 1.54) is 12.1 Å². The number of carbonyl (C=O) groups excluding carboxylic acids is 1. The Kier molecular flexibility index (Phi) is 3.59. The van der Waals surface area contributed by atoms with Gasteiger partial charge >= 0.3 is 11.7 Å². The van der Waals surface area contributed by atoms with Gasteiger partial charge in [-0.05, 0) is 12.1 Å². The maximum atomic E-state index is 10.8. The minimum atomic E-state index is -0.750. The van der Waals surface area contributed by atoms with Crippen molar-refractivity contribution in [3.05, 3.63) is 33.3 Å². The molecule has 0 spiro atoms. The normalized spacial score (nSPS) is 9.73. The van der Waals surface area contributed by atoms with Crippen LogP contribution in [-0.2, 0) is 4.79 Å². The van der Waals surface area contributed by atoms with Gasteiger partial charge in [-0.1, -0.05) is 11.6 Å². The van der Waals surface area contributed by atoms with Gasteiger partial charge in [0.25, 0.3) is 0 Å². The smallest absolute Gasteiger partial charge is 0.325 e. The van der Waals surface area contributed by atoms with Crippen LogP contribution in [0.15, 0.2) is 18.2 Å². The molecule has 0 aliphatic carbocycles. The third-order valence-corrected chi connectivity index (χ3v) is 1.74. The van der Waals surface area contributed by atoms with Gasteiger partial charge in [0, 0.05) is 11.1 Å². The Hall–Kier alpha value is -1.66. The molecule has 0 radical (unpaired) electrons. The van der Waals surface area contributed by atoms with Gasteiger partial charge < -0.3 is 10.5 Å². The van der Waals surface area contributed by atoms with Crippen LogP contribution in [0.5, 0.6) is 5.75 Å². The Morgan fingerprint density at radius 2 is 2.27 bits per heavy atom. The van der Waals surface area contributed by atoms with Crippen LogP contribution in [0.3, 0.4) is 0 Å². The third kappa shape index (κ3) is 2.90. The predicted octanol–water partition coefficient (Wildman–Crippen LogP) is 1.11. The van der Waals surface area contributed by atoms with Crippen LogP contribution < -0.4 is 10.5 Å². The first-order valence-corrected chi connectivity index (χ1v) is 4.27. The lowest BCUT2D eigenvalue weighted by Crippen LogP contribution is -2.19. The van der Waals surface area contributed by atoms with Crippen LogP contribution in [-0.4, -0.2) is 17.4 Å². The second-order valence-electron chi connectivity index (χ2n) is 2.55. The maximum absolute atomic E-state index is 10.8. The lowest BCUT2D eigenvalue weighted by Gasteiger charge is -2.03. The Morgan fingerprint density at radius 3 is 2.80 bits per heavy atom. The summed E-state index contributed by atoms with van der Waals surface area (Å²) in [5, 5.41) is 10.8. The number of nitrogens with two attached hydrogens (primary N) is 1. The highest BCUT2D eigenvalue weighted by Crippen LogP contribution is 2.29. The summed E-state index contributed by atoms with van der Waals surface area (Å²) in [6.07, 6.45) is 0. The van der Waals surface area contributed by atoms with Gasteiger partial charge in [0.05, 0.1) is 11.5 Å². The number of rotatable bonds is 3. The highest BCUT2D eigenvalue weighted by Gasteiger charge is 2.17. The quantitative estimate of drug-likeness (QED) is 0.363. The fourth-order valence-electron chi connectivity index (χ4n) is 0.884. The molecule has 0 amide bonds. The molecular formula is C8H7ClN2O4. The molecule has 0 saturated carbocycles. The molecule has 6 nitrogen and oxygen atoms in total. The van der Waals surface area contributed by atoms with E-state index < -0.39 is 10.9 Å². The molecule has 0 saturated heterocycles. The summed E-state index contributed by atoms with van der Waals surface area (Å²) in [6, 6.07) is 3.72. The first-order chi connectivity index (χ1) is 7.04. The number of benzene rings is 1. The minimum Gasteiger partial charge on any atom is -0.418 e. The average molecular weight is 231 g/mol. The number of ether oxygens (including phenoxy) is 1. The SMILES string of the molecule is NCC(=O)Oc1ccc(Cl)cc1[N+](=O)[O-]. The van der Waals surface area contributed by atoms with Gasteiger partial charge in [0.1, 0.15) is 0 Å². The largest absolute Gasteiger partial charge is 0.418 e. The summed E-state index contributed by atoms with van der Waals surface area (Å²) in [6.45, 7) is -0.347. The fraction of sp³-hybridized carbons (Fsp3) is 0.125. The molecular weight excluding hydrogens is 224 g/mol. The fourth-order valence-corrected chi connectivity index (χ4v) is 1.05. The van der Waals surface area contributed by atoms with E-state index >= 15 is 0 Å². The lowest BCUT2D eigenvalue weighted by molar-refractivity contribution is -0.385. The highest BCUT2D eigenvalue weighted by molar-refractivity contribution is 6.30. The summed E-state index contributed by atoms with van der Waals surface area (Å²) in [4.78, 5) is 20.7. The Balaban J connectivity index is 3.06. The molecule has 0 bridgehead atoms. The number of halogens is 1. The molecule has 0 fully saturated rings. The molecule has 0 unspecified atom stereocenters. The molecule has 0 aromatic heterocycles. The van der Waals surface area contributed by atoms with Crippen molar-refractivity contribution in [2.75, 3.05) is 6.54 Å². The number of carbonyl (C=O) groups is 1. The van der Waals surface area contributed by atoms with Gasteiger partial charge in [-0.2, -0.15) is 0 Å². The molecule has 0 heterocycles. The van der Waals surface area contributed by atoms with Crippen molar-refractivity contribution in [3.63, 3.8) is 0 Å².